The molecule has 6 heteroatoms. The predicted octanol–water partition coefficient (Wildman–Crippen LogP) is 4.48. The van der Waals surface area contributed by atoms with Crippen molar-refractivity contribution in [1.82, 2.24) is 10.4 Å². The second-order valence-corrected chi connectivity index (χ2v) is 7.25. The minimum absolute atomic E-state index is 0.0118. The van der Waals surface area contributed by atoms with Gasteiger partial charge in [-0.25, -0.2) is 0 Å². The van der Waals surface area contributed by atoms with Gasteiger partial charge < -0.3 is 15.7 Å². The lowest BCUT2D eigenvalue weighted by atomic mass is 10.0. The van der Waals surface area contributed by atoms with Gasteiger partial charge in [-0.1, -0.05) is 25.8 Å². The number of carbonyl (C=O) groups excluding carboxylic acids is 2. The zero-order valence-electron chi connectivity index (χ0n) is 16.5. The quantitative estimate of drug-likeness (QED) is 0.359. The fraction of sp³-hybridized carbons (Fsp3) is 0.409. The number of hydrazone groups is 1. The number of rotatable bonds is 8. The Morgan fingerprint density at radius 2 is 2.11 bits per heavy atom. The third-order valence-electron chi connectivity index (χ3n) is 5.20. The van der Waals surface area contributed by atoms with Crippen LogP contribution in [0.3, 0.4) is 0 Å². The maximum atomic E-state index is 12.4. The van der Waals surface area contributed by atoms with Crippen molar-refractivity contribution in [2.45, 2.75) is 45.4 Å². The van der Waals surface area contributed by atoms with Crippen LogP contribution in [0.4, 0.5) is 5.69 Å². The molecule has 6 nitrogen and oxygen atoms in total. The minimum atomic E-state index is 0.0118. The Hall–Kier alpha value is -2.89. The molecule has 0 unspecified atom stereocenters. The molecule has 148 valence electrons. The number of nitrogens with zero attached hydrogens (tertiary/aromatic N) is 1. The number of anilines is 1. The van der Waals surface area contributed by atoms with E-state index in [0.29, 0.717) is 23.6 Å². The predicted molar refractivity (Wildman–Crippen MR) is 115 cm³/mol. The molecular weight excluding hydrogens is 352 g/mol. The van der Waals surface area contributed by atoms with Crippen molar-refractivity contribution >= 4 is 41.1 Å². The minimum Gasteiger partial charge on any atom is -0.354 e. The summed E-state index contributed by atoms with van der Waals surface area (Å²) in [7, 11) is 1.73. The van der Waals surface area contributed by atoms with Gasteiger partial charge in [-0.3, -0.25) is 9.59 Å². The van der Waals surface area contributed by atoms with Crippen LogP contribution in [-0.4, -0.2) is 30.4 Å². The van der Waals surface area contributed by atoms with E-state index in [9.17, 15) is 9.59 Å². The summed E-state index contributed by atoms with van der Waals surface area (Å²) in [5, 5.41) is 7.90. The number of carbonyl (C=O) groups is 2. The van der Waals surface area contributed by atoms with Crippen LogP contribution in [0.15, 0.2) is 23.3 Å². The molecule has 0 bridgehead atoms. The first-order valence-corrected chi connectivity index (χ1v) is 9.97. The third kappa shape index (κ3) is 4.50. The molecule has 0 spiro atoms. The molecule has 1 heterocycles. The van der Waals surface area contributed by atoms with Gasteiger partial charge in [0.1, 0.15) is 0 Å². The molecule has 1 aliphatic carbocycles. The molecule has 28 heavy (non-hydrogen) atoms. The van der Waals surface area contributed by atoms with E-state index in [-0.39, 0.29) is 5.91 Å². The van der Waals surface area contributed by atoms with Crippen molar-refractivity contribution in [2.75, 3.05) is 12.4 Å². The van der Waals surface area contributed by atoms with Gasteiger partial charge in [0.15, 0.2) is 6.29 Å². The lowest BCUT2D eigenvalue weighted by molar-refractivity contribution is -0.117. The van der Waals surface area contributed by atoms with E-state index in [1.807, 2.05) is 18.2 Å². The number of aromatic nitrogens is 1. The molecule has 0 aliphatic heterocycles. The highest BCUT2D eigenvalue weighted by molar-refractivity contribution is 6.11. The Kier molecular flexibility index (Phi) is 6.63. The number of fused-ring (bicyclic) bond motifs is 1. The highest BCUT2D eigenvalue weighted by atomic mass is 16.1. The van der Waals surface area contributed by atoms with Crippen LogP contribution >= 0.6 is 0 Å². The van der Waals surface area contributed by atoms with E-state index in [4.69, 9.17) is 0 Å². The number of hydrogen-bond donors (Lipinski definition) is 3. The number of allylic oxidation sites excluding steroid dienone is 1. The average Bonchev–Trinajstić information content (AvgIpc) is 3.31. The number of H-pyrrole nitrogens is 1. The van der Waals surface area contributed by atoms with Crippen molar-refractivity contribution in [2.24, 2.45) is 11.0 Å². The second kappa shape index (κ2) is 9.35. The van der Waals surface area contributed by atoms with Gasteiger partial charge in [0.25, 0.3) is 0 Å². The van der Waals surface area contributed by atoms with E-state index in [1.54, 1.807) is 19.3 Å². The first-order chi connectivity index (χ1) is 13.7. The zero-order chi connectivity index (χ0) is 19.9. The lowest BCUT2D eigenvalue weighted by Crippen LogP contribution is -2.15. The maximum absolute atomic E-state index is 12.4. The summed E-state index contributed by atoms with van der Waals surface area (Å²) in [6.07, 6.45) is 12.7. The second-order valence-electron chi connectivity index (χ2n) is 7.25. The standard InChI is InChI=1S/C22H28N4O2/c1-3-4-9-19-18(13-24-23-2)22-16(14-27)11-17(12-20(22)26-19)25-21(28)10-15-7-5-6-8-15/h4,9,11-15,23,26H,3,5-8,10H2,1-2H3,(H,25,28)/b9-4+,24-13-. The van der Waals surface area contributed by atoms with Crippen LogP contribution in [0.1, 0.15) is 67.1 Å². The van der Waals surface area contributed by atoms with Crippen LogP contribution in [0, 0.1) is 5.92 Å². The Bertz CT molecular complexity index is 905. The van der Waals surface area contributed by atoms with Crippen molar-refractivity contribution in [3.8, 4) is 0 Å². The van der Waals surface area contributed by atoms with Gasteiger partial charge >= 0.3 is 0 Å². The fourth-order valence-corrected chi connectivity index (χ4v) is 3.89. The first-order valence-electron chi connectivity index (χ1n) is 9.97. The van der Waals surface area contributed by atoms with Gasteiger partial charge in [0.05, 0.1) is 6.21 Å². The van der Waals surface area contributed by atoms with Gasteiger partial charge in [-0.15, -0.1) is 0 Å². The van der Waals surface area contributed by atoms with Crippen molar-refractivity contribution in [3.63, 3.8) is 0 Å². The van der Waals surface area contributed by atoms with E-state index in [2.05, 4.69) is 27.8 Å². The van der Waals surface area contributed by atoms with Crippen LogP contribution in [0.2, 0.25) is 0 Å². The van der Waals surface area contributed by atoms with Crippen molar-refractivity contribution in [1.29, 1.82) is 0 Å². The summed E-state index contributed by atoms with van der Waals surface area (Å²) in [6, 6.07) is 3.62. The van der Waals surface area contributed by atoms with Gasteiger partial charge in [-0.2, -0.15) is 5.10 Å². The first kappa shape index (κ1) is 19.9. The average molecular weight is 380 g/mol. The number of nitrogens with one attached hydrogen (secondary N) is 3. The summed E-state index contributed by atoms with van der Waals surface area (Å²) < 4.78 is 0. The van der Waals surface area contributed by atoms with Crippen molar-refractivity contribution in [3.05, 3.63) is 35.0 Å². The lowest BCUT2D eigenvalue weighted by Gasteiger charge is -2.10. The van der Waals surface area contributed by atoms with E-state index in [0.717, 1.165) is 47.7 Å². The maximum Gasteiger partial charge on any atom is 0.224 e. The molecule has 0 radical (unpaired) electrons. The smallest absolute Gasteiger partial charge is 0.224 e. The van der Waals surface area contributed by atoms with Gasteiger partial charge in [0.2, 0.25) is 5.91 Å². The summed E-state index contributed by atoms with van der Waals surface area (Å²) in [5.74, 6) is 0.493. The zero-order valence-corrected chi connectivity index (χ0v) is 16.5. The normalized spacial score (nSPS) is 15.1. The molecular formula is C22H28N4O2. The topological polar surface area (TPSA) is 86.3 Å². The number of amides is 1. The van der Waals surface area contributed by atoms with Gasteiger partial charge in [0, 0.05) is 46.9 Å². The van der Waals surface area contributed by atoms with Crippen LogP contribution in [0.25, 0.3) is 17.0 Å². The monoisotopic (exact) mass is 380 g/mol. The van der Waals surface area contributed by atoms with Crippen LogP contribution in [0.5, 0.6) is 0 Å². The SMILES string of the molecule is CC/C=C/c1[nH]c2cc(NC(=O)CC3CCCC3)cc(C=O)c2c1/C=N\NC. The summed E-state index contributed by atoms with van der Waals surface area (Å²) in [4.78, 5) is 27.5. The third-order valence-corrected chi connectivity index (χ3v) is 5.20. The molecule has 1 amide bonds. The number of hydrogen-bond acceptors (Lipinski definition) is 4. The molecule has 1 fully saturated rings. The van der Waals surface area contributed by atoms with Crippen molar-refractivity contribution < 1.29 is 9.59 Å². The Morgan fingerprint density at radius 3 is 2.79 bits per heavy atom. The largest absolute Gasteiger partial charge is 0.354 e. The van der Waals surface area contributed by atoms with E-state index < -0.39 is 0 Å². The van der Waals surface area contributed by atoms with E-state index >= 15 is 0 Å². The number of aldehydes is 1. The summed E-state index contributed by atoms with van der Waals surface area (Å²) in [5.41, 5.74) is 6.45. The molecule has 1 aromatic heterocycles. The molecule has 1 aromatic carbocycles. The molecule has 0 atom stereocenters. The summed E-state index contributed by atoms with van der Waals surface area (Å²) in [6.45, 7) is 2.06. The Balaban J connectivity index is 1.95. The van der Waals surface area contributed by atoms with Crippen LogP contribution in [-0.2, 0) is 4.79 Å². The van der Waals surface area contributed by atoms with Gasteiger partial charge in [-0.05, 0) is 43.4 Å². The highest BCUT2D eigenvalue weighted by Crippen LogP contribution is 2.30. The molecule has 2 aromatic rings. The highest BCUT2D eigenvalue weighted by Gasteiger charge is 2.19. The van der Waals surface area contributed by atoms with Crippen LogP contribution < -0.4 is 10.7 Å². The molecule has 0 saturated heterocycles. The van der Waals surface area contributed by atoms with E-state index in [1.165, 1.54) is 12.8 Å². The number of aromatic amines is 1. The molecule has 1 aliphatic rings. The molecule has 3 rings (SSSR count). The Morgan fingerprint density at radius 1 is 1.32 bits per heavy atom. The number of benzene rings is 1. The summed E-state index contributed by atoms with van der Waals surface area (Å²) >= 11 is 0. The fourth-order valence-electron chi connectivity index (χ4n) is 3.89. The molecule has 3 N–H and O–H groups in total. The Labute approximate surface area is 165 Å². The molecule has 1 saturated carbocycles.